The monoisotopic (exact) mass is 196 g/mol. The third kappa shape index (κ3) is 2.69. The van der Waals surface area contributed by atoms with Crippen LogP contribution in [-0.2, 0) is 14.4 Å². The van der Waals surface area contributed by atoms with Crippen molar-refractivity contribution in [1.82, 2.24) is 10.2 Å². The van der Waals surface area contributed by atoms with Crippen molar-refractivity contribution in [2.24, 2.45) is 0 Å². The van der Waals surface area contributed by atoms with Crippen molar-refractivity contribution in [1.29, 1.82) is 0 Å². The summed E-state index contributed by atoms with van der Waals surface area (Å²) in [6.07, 6.45) is 3.08. The van der Waals surface area contributed by atoms with Crippen molar-refractivity contribution in [3.05, 3.63) is 12.2 Å². The van der Waals surface area contributed by atoms with E-state index < -0.39 is 0 Å². The number of carbonyl (C=O) groups excluding carboxylic acids is 3. The lowest BCUT2D eigenvalue weighted by Gasteiger charge is -2.13. The fourth-order valence-electron chi connectivity index (χ4n) is 1.15. The van der Waals surface area contributed by atoms with Crippen molar-refractivity contribution in [2.75, 3.05) is 13.1 Å². The molecule has 1 N–H and O–H groups in total. The van der Waals surface area contributed by atoms with Gasteiger partial charge in [0.1, 0.15) is 0 Å². The molecule has 0 radical (unpaired) electrons. The highest BCUT2D eigenvalue weighted by Crippen LogP contribution is 2.03. The van der Waals surface area contributed by atoms with E-state index in [9.17, 15) is 14.4 Å². The molecule has 0 aromatic carbocycles. The number of hydrogen-bond acceptors (Lipinski definition) is 3. The van der Waals surface area contributed by atoms with Gasteiger partial charge in [-0.1, -0.05) is 0 Å². The van der Waals surface area contributed by atoms with E-state index >= 15 is 0 Å². The Balaban J connectivity index is 2.22. The zero-order valence-corrected chi connectivity index (χ0v) is 7.95. The van der Waals surface area contributed by atoms with Crippen LogP contribution in [0.3, 0.4) is 0 Å². The van der Waals surface area contributed by atoms with E-state index in [1.165, 1.54) is 19.1 Å². The predicted molar refractivity (Wildman–Crippen MR) is 49.2 cm³/mol. The normalized spacial score (nSPS) is 15.1. The zero-order valence-electron chi connectivity index (χ0n) is 7.95. The van der Waals surface area contributed by atoms with Crippen LogP contribution in [-0.4, -0.2) is 35.7 Å². The summed E-state index contributed by atoms with van der Waals surface area (Å²) in [5.41, 5.74) is 0. The second kappa shape index (κ2) is 4.55. The molecule has 0 aromatic heterocycles. The van der Waals surface area contributed by atoms with Crippen LogP contribution in [0.4, 0.5) is 0 Å². The quantitative estimate of drug-likeness (QED) is 0.484. The molecule has 1 rings (SSSR count). The molecule has 76 valence electrons. The Morgan fingerprint density at radius 3 is 2.43 bits per heavy atom. The number of imide groups is 1. The SMILES string of the molecule is CC(=O)NCCCN1C(=O)C=CC1=O. The third-order valence-corrected chi connectivity index (χ3v) is 1.83. The Hall–Kier alpha value is -1.65. The number of hydrogen-bond donors (Lipinski definition) is 1. The molecule has 1 aliphatic heterocycles. The molecule has 0 unspecified atom stereocenters. The second-order valence-electron chi connectivity index (χ2n) is 3.00. The summed E-state index contributed by atoms with van der Waals surface area (Å²) in [6, 6.07) is 0. The summed E-state index contributed by atoms with van der Waals surface area (Å²) in [7, 11) is 0. The van der Waals surface area contributed by atoms with Crippen molar-refractivity contribution in [3.8, 4) is 0 Å². The first-order valence-electron chi connectivity index (χ1n) is 4.39. The minimum Gasteiger partial charge on any atom is -0.356 e. The zero-order chi connectivity index (χ0) is 10.6. The summed E-state index contributed by atoms with van der Waals surface area (Å²) >= 11 is 0. The van der Waals surface area contributed by atoms with Crippen molar-refractivity contribution in [2.45, 2.75) is 13.3 Å². The molecule has 0 saturated carbocycles. The fraction of sp³-hybridized carbons (Fsp3) is 0.444. The molecule has 1 aliphatic rings. The van der Waals surface area contributed by atoms with Gasteiger partial charge in [0.15, 0.2) is 0 Å². The molecule has 0 atom stereocenters. The fourth-order valence-corrected chi connectivity index (χ4v) is 1.15. The lowest BCUT2D eigenvalue weighted by atomic mass is 10.4. The molecule has 0 spiro atoms. The molecule has 5 nitrogen and oxygen atoms in total. The largest absolute Gasteiger partial charge is 0.356 e. The van der Waals surface area contributed by atoms with Crippen molar-refractivity contribution >= 4 is 17.7 Å². The number of nitrogens with zero attached hydrogens (tertiary/aromatic N) is 1. The average molecular weight is 196 g/mol. The van der Waals surface area contributed by atoms with Crippen LogP contribution in [0.15, 0.2) is 12.2 Å². The van der Waals surface area contributed by atoms with Crippen molar-refractivity contribution < 1.29 is 14.4 Å². The summed E-state index contributed by atoms with van der Waals surface area (Å²) in [5, 5.41) is 2.59. The molecule has 0 aliphatic carbocycles. The van der Waals surface area contributed by atoms with E-state index in [-0.39, 0.29) is 17.7 Å². The van der Waals surface area contributed by atoms with Gasteiger partial charge in [0.2, 0.25) is 5.91 Å². The van der Waals surface area contributed by atoms with E-state index in [0.717, 1.165) is 4.90 Å². The summed E-state index contributed by atoms with van der Waals surface area (Å²) in [6.45, 7) is 2.26. The van der Waals surface area contributed by atoms with Gasteiger partial charge in [-0.3, -0.25) is 19.3 Å². The Labute approximate surface area is 81.8 Å². The second-order valence-corrected chi connectivity index (χ2v) is 3.00. The van der Waals surface area contributed by atoms with Crippen LogP contribution in [0.5, 0.6) is 0 Å². The third-order valence-electron chi connectivity index (χ3n) is 1.83. The van der Waals surface area contributed by atoms with Gasteiger partial charge in [-0.05, 0) is 6.42 Å². The molecular formula is C9H12N2O3. The maximum absolute atomic E-state index is 11.0. The molecule has 1 heterocycles. The van der Waals surface area contributed by atoms with Gasteiger partial charge in [0.05, 0.1) is 0 Å². The number of nitrogens with one attached hydrogen (secondary N) is 1. The number of amides is 3. The average Bonchev–Trinajstić information content (AvgIpc) is 2.42. The maximum atomic E-state index is 11.0. The molecule has 0 fully saturated rings. The summed E-state index contributed by atoms with van der Waals surface area (Å²) in [4.78, 5) is 33.7. The predicted octanol–water partition coefficient (Wildman–Crippen LogP) is -0.562. The van der Waals surface area contributed by atoms with Crippen LogP contribution in [0.25, 0.3) is 0 Å². The lowest BCUT2D eigenvalue weighted by Crippen LogP contribution is -2.33. The van der Waals surface area contributed by atoms with Gasteiger partial charge in [0.25, 0.3) is 11.8 Å². The van der Waals surface area contributed by atoms with Gasteiger partial charge < -0.3 is 5.32 Å². The van der Waals surface area contributed by atoms with Gasteiger partial charge >= 0.3 is 0 Å². The Morgan fingerprint density at radius 1 is 1.36 bits per heavy atom. The van der Waals surface area contributed by atoms with Crippen molar-refractivity contribution in [3.63, 3.8) is 0 Å². The van der Waals surface area contributed by atoms with Crippen LogP contribution >= 0.6 is 0 Å². The molecule has 3 amide bonds. The van der Waals surface area contributed by atoms with Gasteiger partial charge in [-0.25, -0.2) is 0 Å². The first kappa shape index (κ1) is 10.4. The molecule has 5 heteroatoms. The van der Waals surface area contributed by atoms with Gasteiger partial charge in [-0.15, -0.1) is 0 Å². The first-order valence-corrected chi connectivity index (χ1v) is 4.39. The van der Waals surface area contributed by atoms with E-state index in [2.05, 4.69) is 5.32 Å². The first-order chi connectivity index (χ1) is 6.61. The number of carbonyl (C=O) groups is 3. The van der Waals surface area contributed by atoms with Crippen LogP contribution < -0.4 is 5.32 Å². The Bertz CT molecular complexity index is 278. The van der Waals surface area contributed by atoms with E-state index in [0.29, 0.717) is 19.5 Å². The van der Waals surface area contributed by atoms with Crippen LogP contribution in [0.1, 0.15) is 13.3 Å². The molecule has 0 aromatic rings. The topological polar surface area (TPSA) is 66.5 Å². The van der Waals surface area contributed by atoms with E-state index in [4.69, 9.17) is 0 Å². The number of rotatable bonds is 4. The Kier molecular flexibility index (Phi) is 3.39. The highest BCUT2D eigenvalue weighted by atomic mass is 16.2. The van der Waals surface area contributed by atoms with Crippen LogP contribution in [0, 0.1) is 0 Å². The van der Waals surface area contributed by atoms with Gasteiger partial charge in [0, 0.05) is 32.2 Å². The van der Waals surface area contributed by atoms with Crippen LogP contribution in [0.2, 0.25) is 0 Å². The molecule has 0 bridgehead atoms. The van der Waals surface area contributed by atoms with E-state index in [1.807, 2.05) is 0 Å². The molecule has 14 heavy (non-hydrogen) atoms. The highest BCUT2D eigenvalue weighted by molar-refractivity contribution is 6.12. The van der Waals surface area contributed by atoms with Gasteiger partial charge in [-0.2, -0.15) is 0 Å². The molecule has 0 saturated heterocycles. The Morgan fingerprint density at radius 2 is 1.93 bits per heavy atom. The minimum atomic E-state index is -0.280. The van der Waals surface area contributed by atoms with E-state index in [1.54, 1.807) is 0 Å². The summed E-state index contributed by atoms with van der Waals surface area (Å²) in [5.74, 6) is -0.669. The lowest BCUT2D eigenvalue weighted by molar-refractivity contribution is -0.136. The summed E-state index contributed by atoms with van der Waals surface area (Å²) < 4.78 is 0. The standard InChI is InChI=1S/C9H12N2O3/c1-7(12)10-5-2-6-11-8(13)3-4-9(11)14/h3-4H,2,5-6H2,1H3,(H,10,12). The smallest absolute Gasteiger partial charge is 0.253 e. The maximum Gasteiger partial charge on any atom is 0.253 e. The minimum absolute atomic E-state index is 0.109. The molecular weight excluding hydrogens is 184 g/mol. The highest BCUT2D eigenvalue weighted by Gasteiger charge is 2.22.